The van der Waals surface area contributed by atoms with Gasteiger partial charge in [0.1, 0.15) is 23.0 Å². The third-order valence-electron chi connectivity index (χ3n) is 7.59. The van der Waals surface area contributed by atoms with Crippen LogP contribution in [0.15, 0.2) is 155 Å². The lowest BCUT2D eigenvalue weighted by atomic mass is 9.67. The normalized spacial score (nSPS) is 12.8. The van der Waals surface area contributed by atoms with Gasteiger partial charge in [0, 0.05) is 8.95 Å². The minimum absolute atomic E-state index is 0.547. The van der Waals surface area contributed by atoms with E-state index < -0.39 is 5.41 Å². The first kappa shape index (κ1) is 25.8. The van der Waals surface area contributed by atoms with Gasteiger partial charge in [-0.05, 0) is 106 Å². The molecule has 7 rings (SSSR count). The second-order valence-electron chi connectivity index (χ2n) is 10.0. The van der Waals surface area contributed by atoms with Crippen LogP contribution in [-0.2, 0) is 5.41 Å². The molecule has 0 heterocycles. The van der Waals surface area contributed by atoms with Gasteiger partial charge in [-0.25, -0.2) is 0 Å². The molecule has 6 aromatic rings. The molecule has 0 bridgehead atoms. The fourth-order valence-corrected chi connectivity index (χ4v) is 6.57. The molecule has 0 aliphatic heterocycles. The van der Waals surface area contributed by atoms with Gasteiger partial charge in [-0.1, -0.05) is 105 Å². The van der Waals surface area contributed by atoms with Crippen LogP contribution in [0.1, 0.15) is 22.3 Å². The summed E-state index contributed by atoms with van der Waals surface area (Å²) >= 11 is 7.54. The quantitative estimate of drug-likeness (QED) is 0.177. The van der Waals surface area contributed by atoms with Crippen LogP contribution in [0.3, 0.4) is 0 Å². The highest BCUT2D eigenvalue weighted by molar-refractivity contribution is 9.10. The lowest BCUT2D eigenvalue weighted by Crippen LogP contribution is -2.28. The Balaban J connectivity index is 1.40. The largest absolute Gasteiger partial charge is 0.457 e. The molecule has 0 saturated heterocycles. The van der Waals surface area contributed by atoms with Crippen molar-refractivity contribution < 1.29 is 9.47 Å². The molecular weight excluding hydrogens is 636 g/mol. The number of hydrogen-bond acceptors (Lipinski definition) is 2. The van der Waals surface area contributed by atoms with Crippen molar-refractivity contribution >= 4 is 31.9 Å². The Morgan fingerprint density at radius 1 is 0.390 bits per heavy atom. The first-order chi connectivity index (χ1) is 20.1. The topological polar surface area (TPSA) is 18.5 Å². The predicted molar refractivity (Wildman–Crippen MR) is 172 cm³/mol. The van der Waals surface area contributed by atoms with Crippen molar-refractivity contribution in [1.82, 2.24) is 0 Å². The average Bonchev–Trinajstić information content (AvgIpc) is 3.28. The lowest BCUT2D eigenvalue weighted by Gasteiger charge is -2.34. The zero-order valence-electron chi connectivity index (χ0n) is 21.9. The molecule has 1 aliphatic rings. The zero-order chi connectivity index (χ0) is 27.8. The van der Waals surface area contributed by atoms with Crippen LogP contribution >= 0.6 is 31.9 Å². The number of benzene rings is 6. The van der Waals surface area contributed by atoms with Crippen molar-refractivity contribution in [3.63, 3.8) is 0 Å². The molecule has 0 aromatic heterocycles. The van der Waals surface area contributed by atoms with Crippen LogP contribution in [-0.4, -0.2) is 0 Å². The second-order valence-corrected chi connectivity index (χ2v) is 11.8. The van der Waals surface area contributed by atoms with E-state index in [0.717, 1.165) is 43.1 Å². The van der Waals surface area contributed by atoms with E-state index in [9.17, 15) is 0 Å². The minimum atomic E-state index is -0.547. The third kappa shape index (κ3) is 4.67. The number of fused-ring (bicyclic) bond motifs is 3. The molecule has 0 N–H and O–H groups in total. The molecule has 41 heavy (non-hydrogen) atoms. The van der Waals surface area contributed by atoms with E-state index in [0.29, 0.717) is 0 Å². The van der Waals surface area contributed by atoms with Crippen molar-refractivity contribution in [3.05, 3.63) is 177 Å². The van der Waals surface area contributed by atoms with Crippen molar-refractivity contribution in [3.8, 4) is 34.1 Å². The summed E-state index contributed by atoms with van der Waals surface area (Å²) in [6.45, 7) is 0. The monoisotopic (exact) mass is 658 g/mol. The summed E-state index contributed by atoms with van der Waals surface area (Å²) in [6, 6.07) is 49.9. The Morgan fingerprint density at radius 3 is 1.15 bits per heavy atom. The fourth-order valence-electron chi connectivity index (χ4n) is 5.85. The summed E-state index contributed by atoms with van der Waals surface area (Å²) in [5.74, 6) is 3.22. The molecule has 0 radical (unpaired) electrons. The van der Waals surface area contributed by atoms with Gasteiger partial charge in [-0.3, -0.25) is 0 Å². The van der Waals surface area contributed by atoms with Gasteiger partial charge in [-0.2, -0.15) is 0 Å². The van der Waals surface area contributed by atoms with Crippen LogP contribution < -0.4 is 9.47 Å². The average molecular weight is 660 g/mol. The summed E-state index contributed by atoms with van der Waals surface area (Å²) in [5, 5.41) is 0. The van der Waals surface area contributed by atoms with E-state index in [1.807, 2.05) is 60.7 Å². The zero-order valence-corrected chi connectivity index (χ0v) is 25.1. The van der Waals surface area contributed by atoms with Crippen LogP contribution in [0.2, 0.25) is 0 Å². The first-order valence-corrected chi connectivity index (χ1v) is 15.0. The Hall–Kier alpha value is -4.12. The molecule has 0 spiro atoms. The predicted octanol–water partition coefficient (Wildman–Crippen LogP) is 11.2. The number of rotatable bonds is 6. The summed E-state index contributed by atoms with van der Waals surface area (Å²) in [4.78, 5) is 0. The Morgan fingerprint density at radius 2 is 0.756 bits per heavy atom. The maximum Gasteiger partial charge on any atom is 0.127 e. The number of ether oxygens (including phenoxy) is 2. The van der Waals surface area contributed by atoms with E-state index in [4.69, 9.17) is 9.47 Å². The highest BCUT2D eigenvalue weighted by atomic mass is 79.9. The molecule has 6 aromatic carbocycles. The van der Waals surface area contributed by atoms with Gasteiger partial charge < -0.3 is 9.47 Å². The van der Waals surface area contributed by atoms with Gasteiger partial charge in [0.05, 0.1) is 5.41 Å². The smallest absolute Gasteiger partial charge is 0.127 e. The van der Waals surface area contributed by atoms with Gasteiger partial charge >= 0.3 is 0 Å². The SMILES string of the molecule is Brc1ccc2c(c1)C(c1ccc(Oc3ccccc3)cc1)(c1ccc(Oc3ccccc3)cc1)c1cc(Br)ccc1-2. The standard InChI is InChI=1S/C37H24Br2O2/c38-27-15-21-33-34-22-16-28(39)24-36(34)37(35(33)23-27,25-11-17-31(18-12-25)40-29-7-3-1-4-8-29)26-13-19-32(20-14-26)41-30-9-5-2-6-10-30/h1-24H. The molecule has 2 nitrogen and oxygen atoms in total. The molecule has 0 amide bonds. The summed E-state index contributed by atoms with van der Waals surface area (Å²) in [5.41, 5.74) is 6.68. The van der Waals surface area contributed by atoms with Crippen molar-refractivity contribution in [2.45, 2.75) is 5.41 Å². The molecule has 0 unspecified atom stereocenters. The summed E-state index contributed by atoms with van der Waals surface area (Å²) in [6.07, 6.45) is 0. The van der Waals surface area contributed by atoms with E-state index in [1.54, 1.807) is 0 Å². The molecule has 4 heteroatoms. The minimum Gasteiger partial charge on any atom is -0.457 e. The van der Waals surface area contributed by atoms with Crippen LogP contribution in [0.25, 0.3) is 11.1 Å². The Labute approximate surface area is 256 Å². The number of para-hydroxylation sites is 2. The maximum absolute atomic E-state index is 6.15. The summed E-state index contributed by atoms with van der Waals surface area (Å²) < 4.78 is 14.4. The summed E-state index contributed by atoms with van der Waals surface area (Å²) in [7, 11) is 0. The molecule has 0 atom stereocenters. The van der Waals surface area contributed by atoms with Crippen LogP contribution in [0, 0.1) is 0 Å². The Kier molecular flexibility index (Phi) is 6.74. The van der Waals surface area contributed by atoms with E-state index in [1.165, 1.54) is 22.3 Å². The fraction of sp³-hybridized carbons (Fsp3) is 0.0270. The first-order valence-electron chi connectivity index (χ1n) is 13.4. The Bertz CT molecular complexity index is 1690. The highest BCUT2D eigenvalue weighted by Gasteiger charge is 2.46. The van der Waals surface area contributed by atoms with Gasteiger partial charge in [0.15, 0.2) is 0 Å². The maximum atomic E-state index is 6.15. The van der Waals surface area contributed by atoms with Crippen molar-refractivity contribution in [2.75, 3.05) is 0 Å². The van der Waals surface area contributed by atoms with Crippen LogP contribution in [0.5, 0.6) is 23.0 Å². The van der Waals surface area contributed by atoms with Crippen molar-refractivity contribution in [1.29, 1.82) is 0 Å². The van der Waals surface area contributed by atoms with Gasteiger partial charge in [0.25, 0.3) is 0 Å². The molecule has 0 saturated carbocycles. The molecule has 198 valence electrons. The number of hydrogen-bond donors (Lipinski definition) is 0. The number of halogens is 2. The highest BCUT2D eigenvalue weighted by Crippen LogP contribution is 2.57. The van der Waals surface area contributed by atoms with Crippen molar-refractivity contribution in [2.24, 2.45) is 0 Å². The van der Waals surface area contributed by atoms with E-state index in [-0.39, 0.29) is 0 Å². The van der Waals surface area contributed by atoms with E-state index >= 15 is 0 Å². The third-order valence-corrected chi connectivity index (χ3v) is 8.58. The lowest BCUT2D eigenvalue weighted by molar-refractivity contribution is 0.482. The van der Waals surface area contributed by atoms with E-state index in [2.05, 4.69) is 117 Å². The molecule has 1 aliphatic carbocycles. The molecule has 0 fully saturated rings. The van der Waals surface area contributed by atoms with Gasteiger partial charge in [0.2, 0.25) is 0 Å². The van der Waals surface area contributed by atoms with Gasteiger partial charge in [-0.15, -0.1) is 0 Å². The molecular formula is C37H24Br2O2. The van der Waals surface area contributed by atoms with Crippen LogP contribution in [0.4, 0.5) is 0 Å². The second kappa shape index (κ2) is 10.7.